The summed E-state index contributed by atoms with van der Waals surface area (Å²) in [5, 5.41) is 8.45. The molecule has 7 heteroatoms. The van der Waals surface area contributed by atoms with E-state index in [4.69, 9.17) is 9.15 Å². The molecule has 0 spiro atoms. The first-order valence-corrected chi connectivity index (χ1v) is 8.72. The van der Waals surface area contributed by atoms with Crippen LogP contribution in [-0.4, -0.2) is 11.0 Å². The van der Waals surface area contributed by atoms with Gasteiger partial charge in [0.1, 0.15) is 17.4 Å². The Labute approximate surface area is 149 Å². The highest BCUT2D eigenvalue weighted by atomic mass is 32.1. The molecule has 0 saturated heterocycles. The van der Waals surface area contributed by atoms with Gasteiger partial charge in [0.05, 0.1) is 19.4 Å². The van der Waals surface area contributed by atoms with Crippen LogP contribution in [0.4, 0.5) is 10.5 Å². The lowest BCUT2D eigenvalue weighted by Crippen LogP contribution is -2.28. The van der Waals surface area contributed by atoms with Crippen molar-refractivity contribution in [3.8, 4) is 0 Å². The smallest absolute Gasteiger partial charge is 0.319 e. The lowest BCUT2D eigenvalue weighted by Gasteiger charge is -2.08. The highest BCUT2D eigenvalue weighted by molar-refractivity contribution is 7.09. The Morgan fingerprint density at radius 3 is 2.96 bits per heavy atom. The molecule has 3 aromatic rings. The normalized spacial score (nSPS) is 10.6. The average molecular weight is 357 g/mol. The lowest BCUT2D eigenvalue weighted by atomic mass is 10.2. The second kappa shape index (κ2) is 8.46. The number of furan rings is 1. The summed E-state index contributed by atoms with van der Waals surface area (Å²) in [5.74, 6) is 0.783. The van der Waals surface area contributed by atoms with Crippen LogP contribution in [0.5, 0.6) is 0 Å². The van der Waals surface area contributed by atoms with Crippen molar-refractivity contribution in [1.82, 2.24) is 10.3 Å². The molecular formula is C18H19N3O3S. The molecule has 0 bridgehead atoms. The van der Waals surface area contributed by atoms with Gasteiger partial charge in [-0.1, -0.05) is 12.1 Å². The van der Waals surface area contributed by atoms with Crippen molar-refractivity contribution in [1.29, 1.82) is 0 Å². The Balaban J connectivity index is 1.46. The molecule has 2 heterocycles. The number of aryl methyl sites for hydroxylation is 1. The summed E-state index contributed by atoms with van der Waals surface area (Å²) in [5.41, 5.74) is 2.65. The van der Waals surface area contributed by atoms with Gasteiger partial charge in [-0.2, -0.15) is 0 Å². The van der Waals surface area contributed by atoms with Crippen LogP contribution in [0.15, 0.2) is 52.5 Å². The molecule has 6 nitrogen and oxygen atoms in total. The van der Waals surface area contributed by atoms with Crippen LogP contribution in [0.25, 0.3) is 0 Å². The summed E-state index contributed by atoms with van der Waals surface area (Å²) in [4.78, 5) is 16.3. The van der Waals surface area contributed by atoms with Crippen LogP contribution in [0, 0.1) is 6.92 Å². The monoisotopic (exact) mass is 357 g/mol. The van der Waals surface area contributed by atoms with Crippen LogP contribution in [-0.2, 0) is 24.5 Å². The molecule has 0 fully saturated rings. The van der Waals surface area contributed by atoms with Crippen LogP contribution in [0.2, 0.25) is 0 Å². The standard InChI is InChI=1S/C18H19N3O3S/c1-13-12-25-17(20-13)9-19-18(22)21-15-5-2-4-14(8-15)10-23-11-16-6-3-7-24-16/h2-8,12H,9-11H2,1H3,(H2,19,21,22). The molecule has 130 valence electrons. The van der Waals surface area contributed by atoms with E-state index in [-0.39, 0.29) is 6.03 Å². The van der Waals surface area contributed by atoms with E-state index >= 15 is 0 Å². The first kappa shape index (κ1) is 17.2. The SMILES string of the molecule is Cc1csc(CNC(=O)Nc2cccc(COCc3ccco3)c2)n1. The van der Waals surface area contributed by atoms with Crippen molar-refractivity contribution in [3.05, 3.63) is 70.1 Å². The van der Waals surface area contributed by atoms with Crippen LogP contribution in [0.3, 0.4) is 0 Å². The van der Waals surface area contributed by atoms with Gasteiger partial charge in [0.15, 0.2) is 0 Å². The highest BCUT2D eigenvalue weighted by Crippen LogP contribution is 2.13. The van der Waals surface area contributed by atoms with E-state index in [1.165, 1.54) is 11.3 Å². The number of benzene rings is 1. The number of amides is 2. The van der Waals surface area contributed by atoms with Crippen LogP contribution in [0.1, 0.15) is 22.0 Å². The number of rotatable bonds is 7. The van der Waals surface area contributed by atoms with E-state index in [2.05, 4.69) is 15.6 Å². The van der Waals surface area contributed by atoms with Gasteiger partial charge in [0.2, 0.25) is 0 Å². The number of hydrogen-bond acceptors (Lipinski definition) is 5. The van der Waals surface area contributed by atoms with Crippen molar-refractivity contribution >= 4 is 23.1 Å². The van der Waals surface area contributed by atoms with Gasteiger partial charge in [-0.25, -0.2) is 9.78 Å². The second-order valence-electron chi connectivity index (χ2n) is 5.46. The van der Waals surface area contributed by atoms with Crippen molar-refractivity contribution in [2.75, 3.05) is 5.32 Å². The number of carbonyl (C=O) groups is 1. The molecule has 25 heavy (non-hydrogen) atoms. The zero-order valence-corrected chi connectivity index (χ0v) is 14.6. The third-order valence-electron chi connectivity index (χ3n) is 3.34. The lowest BCUT2D eigenvalue weighted by molar-refractivity contribution is 0.0930. The fourth-order valence-electron chi connectivity index (χ4n) is 2.22. The Kier molecular flexibility index (Phi) is 5.81. The van der Waals surface area contributed by atoms with Crippen LogP contribution < -0.4 is 10.6 Å². The molecule has 0 saturated carbocycles. The van der Waals surface area contributed by atoms with E-state index in [1.54, 1.807) is 6.26 Å². The Morgan fingerprint density at radius 1 is 1.28 bits per heavy atom. The minimum Gasteiger partial charge on any atom is -0.467 e. The topological polar surface area (TPSA) is 76.4 Å². The molecular weight excluding hydrogens is 338 g/mol. The first-order chi connectivity index (χ1) is 12.2. The summed E-state index contributed by atoms with van der Waals surface area (Å²) in [6, 6.07) is 11.0. The Morgan fingerprint density at radius 2 is 2.20 bits per heavy atom. The van der Waals surface area contributed by atoms with Gasteiger partial charge >= 0.3 is 6.03 Å². The van der Waals surface area contributed by atoms with E-state index < -0.39 is 0 Å². The molecule has 2 amide bonds. The number of nitrogens with zero attached hydrogens (tertiary/aromatic N) is 1. The van der Waals surface area contributed by atoms with Gasteiger partial charge in [-0.15, -0.1) is 11.3 Å². The maximum atomic E-state index is 12.0. The minimum absolute atomic E-state index is 0.262. The van der Waals surface area contributed by atoms with Gasteiger partial charge in [-0.05, 0) is 36.8 Å². The number of carbonyl (C=O) groups excluding carboxylic acids is 1. The third kappa shape index (κ3) is 5.44. The third-order valence-corrected chi connectivity index (χ3v) is 4.31. The number of anilines is 1. The number of ether oxygens (including phenoxy) is 1. The van der Waals surface area contributed by atoms with Gasteiger partial charge in [-0.3, -0.25) is 0 Å². The summed E-state index contributed by atoms with van der Waals surface area (Å²) in [6.45, 7) is 3.20. The number of aromatic nitrogens is 1. The molecule has 0 aliphatic rings. The summed E-state index contributed by atoms with van der Waals surface area (Å²) < 4.78 is 10.8. The van der Waals surface area contributed by atoms with Crippen molar-refractivity contribution < 1.29 is 13.9 Å². The molecule has 0 atom stereocenters. The van der Waals surface area contributed by atoms with E-state index in [1.807, 2.05) is 48.7 Å². The molecule has 0 aliphatic heterocycles. The predicted molar refractivity (Wildman–Crippen MR) is 96.4 cm³/mol. The molecule has 0 radical (unpaired) electrons. The average Bonchev–Trinajstić information content (AvgIpc) is 3.25. The van der Waals surface area contributed by atoms with Crippen molar-refractivity contribution in [3.63, 3.8) is 0 Å². The second-order valence-corrected chi connectivity index (χ2v) is 6.41. The first-order valence-electron chi connectivity index (χ1n) is 7.84. The minimum atomic E-state index is -0.262. The maximum Gasteiger partial charge on any atom is 0.319 e. The maximum absolute atomic E-state index is 12.0. The number of thiazole rings is 1. The molecule has 1 aromatic carbocycles. The molecule has 2 aromatic heterocycles. The molecule has 2 N–H and O–H groups in total. The van der Waals surface area contributed by atoms with Gasteiger partial charge < -0.3 is 19.8 Å². The largest absolute Gasteiger partial charge is 0.467 e. The van der Waals surface area contributed by atoms with Gasteiger partial charge in [0, 0.05) is 16.8 Å². The Bertz CT molecular complexity index is 815. The molecule has 0 aliphatic carbocycles. The number of nitrogens with one attached hydrogen (secondary N) is 2. The van der Waals surface area contributed by atoms with E-state index in [0.29, 0.717) is 25.4 Å². The fraction of sp³-hybridized carbons (Fsp3) is 0.222. The van der Waals surface area contributed by atoms with Gasteiger partial charge in [0.25, 0.3) is 0 Å². The predicted octanol–water partition coefficient (Wildman–Crippen LogP) is 4.08. The summed E-state index contributed by atoms with van der Waals surface area (Å²) >= 11 is 1.53. The number of urea groups is 1. The zero-order valence-electron chi connectivity index (χ0n) is 13.8. The zero-order chi connectivity index (χ0) is 17.5. The molecule has 3 rings (SSSR count). The quantitative estimate of drug-likeness (QED) is 0.668. The summed E-state index contributed by atoms with van der Waals surface area (Å²) in [6.07, 6.45) is 1.62. The van der Waals surface area contributed by atoms with Crippen molar-refractivity contribution in [2.24, 2.45) is 0 Å². The van der Waals surface area contributed by atoms with E-state index in [0.717, 1.165) is 22.0 Å². The number of hydrogen-bond donors (Lipinski definition) is 2. The Hall–Kier alpha value is -2.64. The van der Waals surface area contributed by atoms with Crippen molar-refractivity contribution in [2.45, 2.75) is 26.7 Å². The summed E-state index contributed by atoms with van der Waals surface area (Å²) in [7, 11) is 0. The highest BCUT2D eigenvalue weighted by Gasteiger charge is 2.05. The fourth-order valence-corrected chi connectivity index (χ4v) is 2.93. The molecule has 0 unspecified atom stereocenters. The van der Waals surface area contributed by atoms with Crippen LogP contribution >= 0.6 is 11.3 Å². The van der Waals surface area contributed by atoms with E-state index in [9.17, 15) is 4.79 Å².